The summed E-state index contributed by atoms with van der Waals surface area (Å²) in [5.41, 5.74) is 2.47. The number of oxime groups is 1. The van der Waals surface area contributed by atoms with Crippen molar-refractivity contribution in [1.29, 1.82) is 0 Å². The van der Waals surface area contributed by atoms with Crippen LogP contribution in [0.5, 0.6) is 5.75 Å². The molecule has 0 bridgehead atoms. The fourth-order valence-corrected chi connectivity index (χ4v) is 2.27. The SMILES string of the molecule is CC(=O)O/N=C(\c1ccccc1)c1ccc(I)c(C)c1O. The minimum Gasteiger partial charge on any atom is -0.507 e. The monoisotopic (exact) mass is 395 g/mol. The van der Waals surface area contributed by atoms with Gasteiger partial charge in [-0.1, -0.05) is 35.5 Å². The molecule has 5 heteroatoms. The van der Waals surface area contributed by atoms with Gasteiger partial charge >= 0.3 is 5.97 Å². The first-order valence-electron chi connectivity index (χ1n) is 6.30. The minimum absolute atomic E-state index is 0.136. The molecule has 0 saturated carbocycles. The van der Waals surface area contributed by atoms with E-state index in [4.69, 9.17) is 4.84 Å². The first-order valence-corrected chi connectivity index (χ1v) is 7.38. The molecule has 0 aromatic heterocycles. The summed E-state index contributed by atoms with van der Waals surface area (Å²) < 4.78 is 0.953. The van der Waals surface area contributed by atoms with Gasteiger partial charge in [-0.2, -0.15) is 0 Å². The largest absolute Gasteiger partial charge is 0.507 e. The number of aromatic hydroxyl groups is 1. The predicted octanol–water partition coefficient (Wildman–Crippen LogP) is 3.62. The maximum atomic E-state index is 11.0. The van der Waals surface area contributed by atoms with Gasteiger partial charge in [0.15, 0.2) is 0 Å². The van der Waals surface area contributed by atoms with E-state index < -0.39 is 5.97 Å². The Labute approximate surface area is 136 Å². The van der Waals surface area contributed by atoms with E-state index in [1.54, 1.807) is 6.07 Å². The molecule has 0 amide bonds. The summed E-state index contributed by atoms with van der Waals surface area (Å²) in [7, 11) is 0. The number of nitrogens with zero attached hydrogens (tertiary/aromatic N) is 1. The molecule has 0 heterocycles. The molecule has 21 heavy (non-hydrogen) atoms. The quantitative estimate of drug-likeness (QED) is 0.374. The van der Waals surface area contributed by atoms with E-state index in [-0.39, 0.29) is 5.75 Å². The number of halogens is 1. The smallest absolute Gasteiger partial charge is 0.332 e. The summed E-state index contributed by atoms with van der Waals surface area (Å²) in [6, 6.07) is 12.9. The van der Waals surface area contributed by atoms with Gasteiger partial charge in [-0.3, -0.25) is 0 Å². The normalized spacial score (nSPS) is 11.3. The molecule has 0 atom stereocenters. The zero-order chi connectivity index (χ0) is 15.4. The van der Waals surface area contributed by atoms with Crippen molar-refractivity contribution in [3.63, 3.8) is 0 Å². The number of hydrogen-bond acceptors (Lipinski definition) is 4. The van der Waals surface area contributed by atoms with E-state index in [1.807, 2.05) is 43.3 Å². The van der Waals surface area contributed by atoms with Crippen LogP contribution >= 0.6 is 22.6 Å². The molecule has 2 rings (SSSR count). The molecule has 0 aliphatic heterocycles. The minimum atomic E-state index is -0.509. The average molecular weight is 395 g/mol. The third-order valence-corrected chi connectivity index (χ3v) is 4.10. The molecule has 0 radical (unpaired) electrons. The molecular formula is C16H14INO3. The first kappa shape index (κ1) is 15.5. The second-order valence-electron chi connectivity index (χ2n) is 4.46. The van der Waals surface area contributed by atoms with Gasteiger partial charge in [-0.05, 0) is 41.6 Å². The highest BCUT2D eigenvalue weighted by Gasteiger charge is 2.16. The van der Waals surface area contributed by atoms with Crippen LogP contribution in [-0.4, -0.2) is 16.8 Å². The van der Waals surface area contributed by atoms with E-state index in [9.17, 15) is 9.90 Å². The summed E-state index contributed by atoms with van der Waals surface area (Å²) in [6.07, 6.45) is 0. The van der Waals surface area contributed by atoms with Gasteiger partial charge in [0, 0.05) is 27.2 Å². The Hall–Kier alpha value is -1.89. The van der Waals surface area contributed by atoms with Crippen LogP contribution in [0.4, 0.5) is 0 Å². The fourth-order valence-electron chi connectivity index (χ4n) is 1.83. The lowest BCUT2D eigenvalue weighted by Crippen LogP contribution is -2.07. The molecular weight excluding hydrogens is 381 g/mol. The first-order chi connectivity index (χ1) is 10.0. The molecule has 4 nitrogen and oxygen atoms in total. The summed E-state index contributed by atoms with van der Waals surface area (Å²) in [6.45, 7) is 3.11. The number of phenolic OH excluding ortho intramolecular Hbond substituents is 1. The van der Waals surface area contributed by atoms with Crippen molar-refractivity contribution in [3.8, 4) is 5.75 Å². The zero-order valence-electron chi connectivity index (χ0n) is 11.6. The van der Waals surface area contributed by atoms with Gasteiger partial charge < -0.3 is 9.94 Å². The van der Waals surface area contributed by atoms with Gasteiger partial charge in [-0.15, -0.1) is 0 Å². The van der Waals surface area contributed by atoms with E-state index in [0.29, 0.717) is 11.3 Å². The van der Waals surface area contributed by atoms with Crippen LogP contribution in [0.25, 0.3) is 0 Å². The molecule has 1 N–H and O–H groups in total. The molecule has 108 valence electrons. The fraction of sp³-hybridized carbons (Fsp3) is 0.125. The van der Waals surface area contributed by atoms with Gasteiger partial charge in [-0.25, -0.2) is 4.79 Å². The molecule has 0 aliphatic rings. The van der Waals surface area contributed by atoms with Crippen LogP contribution in [0.3, 0.4) is 0 Å². The Kier molecular flexibility index (Phi) is 4.95. The number of carbonyl (C=O) groups is 1. The van der Waals surface area contributed by atoms with Crippen molar-refractivity contribution in [2.45, 2.75) is 13.8 Å². The van der Waals surface area contributed by atoms with Crippen LogP contribution < -0.4 is 0 Å². The van der Waals surface area contributed by atoms with Crippen molar-refractivity contribution in [2.24, 2.45) is 5.16 Å². The van der Waals surface area contributed by atoms with Crippen molar-refractivity contribution >= 4 is 34.3 Å². The molecule has 0 aliphatic carbocycles. The van der Waals surface area contributed by atoms with Gasteiger partial charge in [0.25, 0.3) is 0 Å². The molecule has 0 fully saturated rings. The van der Waals surface area contributed by atoms with Gasteiger partial charge in [0.1, 0.15) is 11.5 Å². The summed E-state index contributed by atoms with van der Waals surface area (Å²) in [4.78, 5) is 15.8. The van der Waals surface area contributed by atoms with Crippen LogP contribution in [0, 0.1) is 10.5 Å². The molecule has 0 unspecified atom stereocenters. The molecule has 2 aromatic carbocycles. The van der Waals surface area contributed by atoms with Gasteiger partial charge in [0.05, 0.1) is 0 Å². The van der Waals surface area contributed by atoms with Crippen LogP contribution in [-0.2, 0) is 9.63 Å². The summed E-state index contributed by atoms with van der Waals surface area (Å²) >= 11 is 2.15. The number of phenols is 1. The highest BCUT2D eigenvalue weighted by Crippen LogP contribution is 2.28. The van der Waals surface area contributed by atoms with Crippen molar-refractivity contribution in [3.05, 3.63) is 62.7 Å². The lowest BCUT2D eigenvalue weighted by Gasteiger charge is -2.11. The highest BCUT2D eigenvalue weighted by molar-refractivity contribution is 14.1. The maximum absolute atomic E-state index is 11.0. The second-order valence-corrected chi connectivity index (χ2v) is 5.62. The zero-order valence-corrected chi connectivity index (χ0v) is 13.8. The van der Waals surface area contributed by atoms with Crippen LogP contribution in [0.15, 0.2) is 47.6 Å². The van der Waals surface area contributed by atoms with Crippen LogP contribution in [0.2, 0.25) is 0 Å². The Morgan fingerprint density at radius 3 is 2.48 bits per heavy atom. The molecule has 0 saturated heterocycles. The Morgan fingerprint density at radius 2 is 1.86 bits per heavy atom. The van der Waals surface area contributed by atoms with E-state index in [1.165, 1.54) is 6.92 Å². The lowest BCUT2D eigenvalue weighted by atomic mass is 9.99. The number of benzene rings is 2. The molecule has 2 aromatic rings. The standard InChI is InChI=1S/C16H14INO3/c1-10-14(17)9-8-13(16(10)20)15(18-21-11(2)19)12-6-4-3-5-7-12/h3-9,20H,1-2H3/b18-15+. The highest BCUT2D eigenvalue weighted by atomic mass is 127. The number of hydrogen-bond donors (Lipinski definition) is 1. The van der Waals surface area contributed by atoms with Crippen LogP contribution in [0.1, 0.15) is 23.6 Å². The number of rotatable bonds is 3. The Bertz CT molecular complexity index is 696. The van der Waals surface area contributed by atoms with Crippen molar-refractivity contribution in [2.75, 3.05) is 0 Å². The van der Waals surface area contributed by atoms with Crippen molar-refractivity contribution < 1.29 is 14.7 Å². The summed E-state index contributed by atoms with van der Waals surface area (Å²) in [5, 5.41) is 14.2. The third kappa shape index (κ3) is 3.60. The summed E-state index contributed by atoms with van der Waals surface area (Å²) in [5.74, 6) is -0.373. The van der Waals surface area contributed by atoms with E-state index in [0.717, 1.165) is 14.7 Å². The Morgan fingerprint density at radius 1 is 1.19 bits per heavy atom. The lowest BCUT2D eigenvalue weighted by molar-refractivity contribution is -0.140. The average Bonchev–Trinajstić information content (AvgIpc) is 2.48. The molecule has 0 spiro atoms. The topological polar surface area (TPSA) is 58.9 Å². The second kappa shape index (κ2) is 6.71. The van der Waals surface area contributed by atoms with Crippen molar-refractivity contribution in [1.82, 2.24) is 0 Å². The third-order valence-electron chi connectivity index (χ3n) is 2.93. The Balaban J connectivity index is 2.58. The number of carbonyl (C=O) groups excluding carboxylic acids is 1. The van der Waals surface area contributed by atoms with E-state index in [2.05, 4.69) is 27.7 Å². The van der Waals surface area contributed by atoms with E-state index >= 15 is 0 Å². The maximum Gasteiger partial charge on any atom is 0.332 e. The predicted molar refractivity (Wildman–Crippen MR) is 89.4 cm³/mol. The van der Waals surface area contributed by atoms with Gasteiger partial charge in [0.2, 0.25) is 0 Å².